The van der Waals surface area contributed by atoms with Crippen LogP contribution in [-0.4, -0.2) is 0 Å². The van der Waals surface area contributed by atoms with Crippen LogP contribution < -0.4 is 0 Å². The zero-order valence-electron chi connectivity index (χ0n) is 11.8. The van der Waals surface area contributed by atoms with Crippen LogP contribution in [0.3, 0.4) is 0 Å². The van der Waals surface area contributed by atoms with Gasteiger partial charge in [0, 0.05) is 0 Å². The zero-order chi connectivity index (χ0) is 13.8. The molecule has 0 amide bonds. The number of benzene rings is 2. The molecule has 1 unspecified atom stereocenters. The van der Waals surface area contributed by atoms with Crippen LogP contribution in [-0.2, 0) is 0 Å². The molecular weight excluding hydrogens is 264 g/mol. The van der Waals surface area contributed by atoms with Crippen LogP contribution in [0, 0.1) is 0 Å². The molecule has 3 rings (SSSR count). The molecule has 1 aliphatic rings. The molecule has 1 heteroatoms. The highest BCUT2D eigenvalue weighted by atomic mass is 35.5. The van der Waals surface area contributed by atoms with Gasteiger partial charge in [0.25, 0.3) is 0 Å². The third-order valence-electron chi connectivity index (χ3n) is 4.40. The lowest BCUT2D eigenvalue weighted by Crippen LogP contribution is -2.04. The quantitative estimate of drug-likeness (QED) is 0.601. The van der Waals surface area contributed by atoms with E-state index in [1.807, 2.05) is 18.2 Å². The molecule has 0 radical (unpaired) electrons. The molecule has 2 aromatic rings. The minimum absolute atomic E-state index is 0.0448. The van der Waals surface area contributed by atoms with E-state index in [9.17, 15) is 0 Å². The Balaban J connectivity index is 1.75. The largest absolute Gasteiger partial charge is 0.113 e. The summed E-state index contributed by atoms with van der Waals surface area (Å²) in [5.74, 6) is 0.767. The van der Waals surface area contributed by atoms with Gasteiger partial charge in [0.15, 0.2) is 0 Å². The third-order valence-corrected chi connectivity index (χ3v) is 4.90. The Morgan fingerprint density at radius 2 is 1.35 bits per heavy atom. The number of hydrogen-bond donors (Lipinski definition) is 0. The maximum atomic E-state index is 6.57. The normalized spacial score (nSPS) is 17.9. The highest BCUT2D eigenvalue weighted by Crippen LogP contribution is 2.34. The fourth-order valence-corrected chi connectivity index (χ4v) is 3.48. The second kappa shape index (κ2) is 6.45. The van der Waals surface area contributed by atoms with Gasteiger partial charge in [-0.05, 0) is 35.4 Å². The summed E-state index contributed by atoms with van der Waals surface area (Å²) in [5, 5.41) is -0.0448. The van der Waals surface area contributed by atoms with Gasteiger partial charge in [-0.3, -0.25) is 0 Å². The maximum absolute atomic E-state index is 6.57. The summed E-state index contributed by atoms with van der Waals surface area (Å²) < 4.78 is 0. The van der Waals surface area contributed by atoms with E-state index in [1.54, 1.807) is 0 Å². The van der Waals surface area contributed by atoms with Crippen molar-refractivity contribution < 1.29 is 0 Å². The molecule has 1 aliphatic carbocycles. The minimum atomic E-state index is -0.0448. The van der Waals surface area contributed by atoms with Gasteiger partial charge in [-0.25, -0.2) is 0 Å². The predicted octanol–water partition coefficient (Wildman–Crippen LogP) is 6.06. The van der Waals surface area contributed by atoms with Crippen LogP contribution in [0.25, 0.3) is 0 Å². The molecular formula is C19H21Cl. The van der Waals surface area contributed by atoms with E-state index in [1.165, 1.54) is 48.8 Å². The molecule has 0 N–H and O–H groups in total. The lowest BCUT2D eigenvalue weighted by atomic mass is 9.84. The summed E-state index contributed by atoms with van der Waals surface area (Å²) >= 11 is 6.57. The molecule has 0 bridgehead atoms. The molecule has 1 saturated carbocycles. The van der Waals surface area contributed by atoms with Crippen molar-refractivity contribution in [1.29, 1.82) is 0 Å². The van der Waals surface area contributed by atoms with Crippen LogP contribution in [0.15, 0.2) is 54.6 Å². The smallest absolute Gasteiger partial charge is 0.0835 e. The van der Waals surface area contributed by atoms with Crippen molar-refractivity contribution in [3.8, 4) is 0 Å². The predicted molar refractivity (Wildman–Crippen MR) is 86.4 cm³/mol. The number of alkyl halides is 1. The first-order valence-electron chi connectivity index (χ1n) is 7.63. The van der Waals surface area contributed by atoms with Crippen LogP contribution in [0.5, 0.6) is 0 Å². The first-order valence-corrected chi connectivity index (χ1v) is 8.07. The van der Waals surface area contributed by atoms with Gasteiger partial charge in [0.05, 0.1) is 5.38 Å². The summed E-state index contributed by atoms with van der Waals surface area (Å²) in [7, 11) is 0. The Hall–Kier alpha value is -1.27. The van der Waals surface area contributed by atoms with Crippen molar-refractivity contribution in [2.75, 3.05) is 0 Å². The van der Waals surface area contributed by atoms with Crippen molar-refractivity contribution in [3.63, 3.8) is 0 Å². The first-order chi connectivity index (χ1) is 9.84. The highest BCUT2D eigenvalue weighted by molar-refractivity contribution is 6.22. The van der Waals surface area contributed by atoms with Gasteiger partial charge in [0.2, 0.25) is 0 Å². The molecule has 0 aliphatic heterocycles. The van der Waals surface area contributed by atoms with Gasteiger partial charge in [-0.2, -0.15) is 0 Å². The Kier molecular flexibility index (Phi) is 4.42. The zero-order valence-corrected chi connectivity index (χ0v) is 12.5. The molecule has 104 valence electrons. The third kappa shape index (κ3) is 3.07. The van der Waals surface area contributed by atoms with Crippen LogP contribution in [0.4, 0.5) is 0 Å². The molecule has 0 heterocycles. The second-order valence-electron chi connectivity index (χ2n) is 5.77. The summed E-state index contributed by atoms with van der Waals surface area (Å²) in [4.78, 5) is 0. The number of halogens is 1. The highest BCUT2D eigenvalue weighted by Gasteiger charge is 2.16. The minimum Gasteiger partial charge on any atom is -0.113 e. The van der Waals surface area contributed by atoms with E-state index in [2.05, 4.69) is 36.4 Å². The van der Waals surface area contributed by atoms with Crippen LogP contribution in [0.2, 0.25) is 0 Å². The topological polar surface area (TPSA) is 0 Å². The van der Waals surface area contributed by atoms with Crippen molar-refractivity contribution in [3.05, 3.63) is 71.3 Å². The van der Waals surface area contributed by atoms with Crippen LogP contribution >= 0.6 is 11.6 Å². The fourth-order valence-electron chi connectivity index (χ4n) is 3.19. The van der Waals surface area contributed by atoms with E-state index in [4.69, 9.17) is 11.6 Å². The summed E-state index contributed by atoms with van der Waals surface area (Å²) in [5.41, 5.74) is 3.85. The lowest BCUT2D eigenvalue weighted by Gasteiger charge is -2.22. The van der Waals surface area contributed by atoms with Crippen molar-refractivity contribution in [2.45, 2.75) is 43.4 Å². The Morgan fingerprint density at radius 1 is 0.750 bits per heavy atom. The van der Waals surface area contributed by atoms with E-state index in [-0.39, 0.29) is 5.38 Å². The Morgan fingerprint density at radius 3 is 2.00 bits per heavy atom. The summed E-state index contributed by atoms with van der Waals surface area (Å²) in [6.45, 7) is 0. The molecule has 2 aromatic carbocycles. The average molecular weight is 285 g/mol. The molecule has 0 spiro atoms. The summed E-state index contributed by atoms with van der Waals surface area (Å²) in [6.07, 6.45) is 6.88. The van der Waals surface area contributed by atoms with E-state index in [0.29, 0.717) is 0 Å². The van der Waals surface area contributed by atoms with Gasteiger partial charge in [-0.15, -0.1) is 11.6 Å². The van der Waals surface area contributed by atoms with Gasteiger partial charge in [-0.1, -0.05) is 73.9 Å². The maximum Gasteiger partial charge on any atom is 0.0835 e. The molecule has 0 saturated heterocycles. The monoisotopic (exact) mass is 284 g/mol. The Bertz CT molecular complexity index is 523. The van der Waals surface area contributed by atoms with E-state index < -0.39 is 0 Å². The standard InChI is InChI=1S/C19H21Cl/c20-19(17-9-5-2-6-10-17)18-13-11-16(12-14-18)15-7-3-1-4-8-15/h2,5-6,9-15,19H,1,3-4,7-8H2. The van der Waals surface area contributed by atoms with Gasteiger partial charge in [0.1, 0.15) is 0 Å². The van der Waals surface area contributed by atoms with Crippen molar-refractivity contribution >= 4 is 11.6 Å². The fraction of sp³-hybridized carbons (Fsp3) is 0.368. The van der Waals surface area contributed by atoms with Gasteiger partial charge < -0.3 is 0 Å². The molecule has 0 nitrogen and oxygen atoms in total. The second-order valence-corrected chi connectivity index (χ2v) is 6.21. The first kappa shape index (κ1) is 13.7. The van der Waals surface area contributed by atoms with Crippen LogP contribution in [0.1, 0.15) is 60.1 Å². The Labute approximate surface area is 126 Å². The van der Waals surface area contributed by atoms with Crippen molar-refractivity contribution in [2.24, 2.45) is 0 Å². The molecule has 0 aromatic heterocycles. The van der Waals surface area contributed by atoms with Crippen molar-refractivity contribution in [1.82, 2.24) is 0 Å². The van der Waals surface area contributed by atoms with E-state index >= 15 is 0 Å². The average Bonchev–Trinajstić information content (AvgIpc) is 2.56. The molecule has 1 fully saturated rings. The lowest BCUT2D eigenvalue weighted by molar-refractivity contribution is 0.443. The number of hydrogen-bond acceptors (Lipinski definition) is 0. The summed E-state index contributed by atoms with van der Waals surface area (Å²) in [6, 6.07) is 19.3. The SMILES string of the molecule is ClC(c1ccccc1)c1ccc(C2CCCCC2)cc1. The number of rotatable bonds is 3. The van der Waals surface area contributed by atoms with E-state index in [0.717, 1.165) is 5.92 Å². The molecule has 1 atom stereocenters. The van der Waals surface area contributed by atoms with Gasteiger partial charge >= 0.3 is 0 Å². The molecule has 20 heavy (non-hydrogen) atoms.